The number of hydrogen-bond donors (Lipinski definition) is 1. The number of hydrogen-bond acceptors (Lipinski definition) is 4. The summed E-state index contributed by atoms with van der Waals surface area (Å²) in [5.74, 6) is -1.29. The monoisotopic (exact) mass is 558 g/mol. The van der Waals surface area contributed by atoms with Gasteiger partial charge >= 0.3 is 0 Å². The highest BCUT2D eigenvalue weighted by Gasteiger charge is 2.35. The van der Waals surface area contributed by atoms with Gasteiger partial charge in [0.2, 0.25) is 0 Å². The molecule has 3 aromatic carbocycles. The van der Waals surface area contributed by atoms with Crippen molar-refractivity contribution in [2.24, 2.45) is 0 Å². The molecule has 4 rings (SSSR count). The van der Waals surface area contributed by atoms with Gasteiger partial charge in [-0.05, 0) is 88.4 Å². The van der Waals surface area contributed by atoms with E-state index in [1.54, 1.807) is 30.3 Å². The number of anilines is 1. The van der Waals surface area contributed by atoms with Gasteiger partial charge in [-0.2, -0.15) is 0 Å². The number of halogens is 2. The van der Waals surface area contributed by atoms with E-state index >= 15 is 0 Å². The minimum absolute atomic E-state index is 0.0206. The van der Waals surface area contributed by atoms with E-state index in [0.717, 1.165) is 14.0 Å². The highest BCUT2D eigenvalue weighted by Crippen LogP contribution is 2.25. The summed E-state index contributed by atoms with van der Waals surface area (Å²) in [6, 6.07) is 20.7. The summed E-state index contributed by atoms with van der Waals surface area (Å²) in [7, 11) is 0. The molecule has 2 amide bonds. The van der Waals surface area contributed by atoms with Crippen molar-refractivity contribution < 1.29 is 18.7 Å². The van der Waals surface area contributed by atoms with Crippen molar-refractivity contribution in [1.29, 1.82) is 0 Å². The SMILES string of the molecule is O=C1NC(=S)N(c2ccccc2F)C(=O)/C1=C/c1ccc(OCc2ccc(I)cc2)cc1. The van der Waals surface area contributed by atoms with Crippen LogP contribution in [0.25, 0.3) is 6.08 Å². The number of para-hydroxylation sites is 1. The third-order valence-electron chi connectivity index (χ3n) is 4.70. The Morgan fingerprint density at radius 3 is 2.38 bits per heavy atom. The number of carbonyl (C=O) groups excluding carboxylic acids is 2. The fourth-order valence-corrected chi connectivity index (χ4v) is 3.72. The molecule has 0 saturated carbocycles. The lowest BCUT2D eigenvalue weighted by atomic mass is 10.1. The van der Waals surface area contributed by atoms with Crippen LogP contribution in [-0.2, 0) is 16.2 Å². The highest BCUT2D eigenvalue weighted by atomic mass is 127. The largest absolute Gasteiger partial charge is 0.489 e. The fourth-order valence-electron chi connectivity index (χ4n) is 3.08. The van der Waals surface area contributed by atoms with Crippen LogP contribution >= 0.6 is 34.8 Å². The van der Waals surface area contributed by atoms with Gasteiger partial charge < -0.3 is 4.74 Å². The number of rotatable bonds is 5. The molecule has 1 fully saturated rings. The topological polar surface area (TPSA) is 58.6 Å². The smallest absolute Gasteiger partial charge is 0.270 e. The molecule has 0 aliphatic carbocycles. The van der Waals surface area contributed by atoms with E-state index in [9.17, 15) is 14.0 Å². The number of nitrogens with one attached hydrogen (secondary N) is 1. The Bertz CT molecular complexity index is 1230. The van der Waals surface area contributed by atoms with Crippen LogP contribution in [0.15, 0.2) is 78.4 Å². The zero-order valence-corrected chi connectivity index (χ0v) is 19.5. The molecule has 0 unspecified atom stereocenters. The number of thiocarbonyl (C=S) groups is 1. The zero-order valence-electron chi connectivity index (χ0n) is 16.5. The summed E-state index contributed by atoms with van der Waals surface area (Å²) in [5.41, 5.74) is 1.50. The van der Waals surface area contributed by atoms with Crippen LogP contribution in [0.1, 0.15) is 11.1 Å². The van der Waals surface area contributed by atoms with Crippen LogP contribution in [0, 0.1) is 9.39 Å². The first kappa shape index (κ1) is 22.1. The molecule has 0 radical (unpaired) electrons. The molecule has 1 heterocycles. The minimum atomic E-state index is -0.692. The lowest BCUT2D eigenvalue weighted by Crippen LogP contribution is -2.54. The molecule has 0 atom stereocenters. The maximum atomic E-state index is 14.2. The average molecular weight is 558 g/mol. The molecule has 0 aromatic heterocycles. The molecule has 8 heteroatoms. The van der Waals surface area contributed by atoms with Gasteiger partial charge in [-0.25, -0.2) is 9.29 Å². The van der Waals surface area contributed by atoms with Crippen LogP contribution in [0.4, 0.5) is 10.1 Å². The molecule has 1 aliphatic heterocycles. The minimum Gasteiger partial charge on any atom is -0.489 e. The Hall–Kier alpha value is -3.11. The van der Waals surface area contributed by atoms with Crippen molar-refractivity contribution in [2.45, 2.75) is 6.61 Å². The molecule has 0 spiro atoms. The first-order valence-electron chi connectivity index (χ1n) is 9.55. The van der Waals surface area contributed by atoms with Crippen molar-refractivity contribution in [3.8, 4) is 5.75 Å². The van der Waals surface area contributed by atoms with Crippen LogP contribution in [0.2, 0.25) is 0 Å². The first-order chi connectivity index (χ1) is 15.4. The van der Waals surface area contributed by atoms with Crippen molar-refractivity contribution in [3.63, 3.8) is 0 Å². The van der Waals surface area contributed by atoms with Crippen molar-refractivity contribution in [1.82, 2.24) is 5.32 Å². The molecule has 1 saturated heterocycles. The summed E-state index contributed by atoms with van der Waals surface area (Å²) in [4.78, 5) is 26.4. The Balaban J connectivity index is 1.52. The van der Waals surface area contributed by atoms with E-state index < -0.39 is 17.6 Å². The Morgan fingerprint density at radius 1 is 1.00 bits per heavy atom. The second kappa shape index (κ2) is 9.58. The molecule has 160 valence electrons. The average Bonchev–Trinajstić information content (AvgIpc) is 2.78. The van der Waals surface area contributed by atoms with Crippen molar-refractivity contribution in [2.75, 3.05) is 4.90 Å². The summed E-state index contributed by atoms with van der Waals surface area (Å²) >= 11 is 7.34. The molecule has 5 nitrogen and oxygen atoms in total. The number of benzene rings is 3. The highest BCUT2D eigenvalue weighted by molar-refractivity contribution is 14.1. The normalized spacial score (nSPS) is 15.1. The molecule has 32 heavy (non-hydrogen) atoms. The summed E-state index contributed by atoms with van der Waals surface area (Å²) < 4.78 is 21.2. The quantitative estimate of drug-likeness (QED) is 0.211. The third kappa shape index (κ3) is 4.86. The lowest BCUT2D eigenvalue weighted by Gasteiger charge is -2.29. The predicted molar refractivity (Wildman–Crippen MR) is 133 cm³/mol. The zero-order chi connectivity index (χ0) is 22.7. The maximum Gasteiger partial charge on any atom is 0.270 e. The van der Waals surface area contributed by atoms with Gasteiger partial charge in [0.1, 0.15) is 23.7 Å². The second-order valence-corrected chi connectivity index (χ2v) is 8.53. The van der Waals surface area contributed by atoms with Crippen molar-refractivity contribution >= 4 is 63.5 Å². The van der Waals surface area contributed by atoms with Crippen LogP contribution in [0.5, 0.6) is 5.75 Å². The van der Waals surface area contributed by atoms with Gasteiger partial charge in [0.05, 0.1) is 5.69 Å². The molecule has 1 N–H and O–H groups in total. The predicted octanol–water partition coefficient (Wildman–Crippen LogP) is 4.84. The Kier molecular flexibility index (Phi) is 6.61. The molecular weight excluding hydrogens is 542 g/mol. The van der Waals surface area contributed by atoms with Gasteiger partial charge in [-0.1, -0.05) is 36.4 Å². The standard InChI is InChI=1S/C24H16FIN2O3S/c25-20-3-1-2-4-21(20)28-23(30)19(22(29)27-24(28)32)13-15-7-11-18(12-8-15)31-14-16-5-9-17(26)10-6-16/h1-13H,14H2,(H,27,29,32)/b19-13+. The second-order valence-electron chi connectivity index (χ2n) is 6.89. The van der Waals surface area contributed by atoms with E-state index in [1.807, 2.05) is 24.3 Å². The summed E-state index contributed by atoms with van der Waals surface area (Å²) in [6.07, 6.45) is 1.44. The van der Waals surface area contributed by atoms with E-state index in [0.29, 0.717) is 17.9 Å². The number of ether oxygens (including phenoxy) is 1. The summed E-state index contributed by atoms with van der Waals surface area (Å²) in [5, 5.41) is 2.28. The van der Waals surface area contributed by atoms with Crippen LogP contribution < -0.4 is 15.0 Å². The Morgan fingerprint density at radius 2 is 1.69 bits per heavy atom. The molecule has 3 aromatic rings. The van der Waals surface area contributed by atoms with Gasteiger partial charge in [0.25, 0.3) is 11.8 Å². The first-order valence-corrected chi connectivity index (χ1v) is 11.0. The van der Waals surface area contributed by atoms with Gasteiger partial charge in [0.15, 0.2) is 5.11 Å². The fraction of sp³-hybridized carbons (Fsp3) is 0.0417. The van der Waals surface area contributed by atoms with E-state index in [2.05, 4.69) is 27.9 Å². The van der Waals surface area contributed by atoms with E-state index in [4.69, 9.17) is 17.0 Å². The molecule has 1 aliphatic rings. The summed E-state index contributed by atoms with van der Waals surface area (Å²) in [6.45, 7) is 0.424. The lowest BCUT2D eigenvalue weighted by molar-refractivity contribution is -0.122. The van der Waals surface area contributed by atoms with E-state index in [-0.39, 0.29) is 16.4 Å². The molecule has 0 bridgehead atoms. The Labute approximate surface area is 203 Å². The van der Waals surface area contributed by atoms with Crippen LogP contribution in [-0.4, -0.2) is 16.9 Å². The van der Waals surface area contributed by atoms with Gasteiger partial charge in [-0.3, -0.25) is 14.9 Å². The molecular formula is C24H16FIN2O3S. The van der Waals surface area contributed by atoms with E-state index in [1.165, 1.54) is 24.3 Å². The van der Waals surface area contributed by atoms with Gasteiger partial charge in [0, 0.05) is 3.57 Å². The number of carbonyl (C=O) groups is 2. The maximum absolute atomic E-state index is 14.2. The number of amides is 2. The van der Waals surface area contributed by atoms with Crippen LogP contribution in [0.3, 0.4) is 0 Å². The third-order valence-corrected chi connectivity index (χ3v) is 5.71. The van der Waals surface area contributed by atoms with Gasteiger partial charge in [-0.15, -0.1) is 0 Å². The van der Waals surface area contributed by atoms with Crippen molar-refractivity contribution in [3.05, 3.63) is 98.9 Å². The number of nitrogens with zero attached hydrogens (tertiary/aromatic N) is 1.